The Morgan fingerprint density at radius 1 is 1.00 bits per heavy atom. The largest absolute Gasteiger partial charge is 0.466 e. The van der Waals surface area contributed by atoms with Gasteiger partial charge in [0.05, 0.1) is 29.8 Å². The van der Waals surface area contributed by atoms with E-state index >= 15 is 0 Å². The second kappa shape index (κ2) is 9.31. The molecule has 0 fully saturated rings. The van der Waals surface area contributed by atoms with Crippen LogP contribution in [0.25, 0.3) is 10.9 Å². The maximum atomic E-state index is 13.5. The van der Waals surface area contributed by atoms with Crippen molar-refractivity contribution in [3.05, 3.63) is 35.5 Å². The van der Waals surface area contributed by atoms with Gasteiger partial charge in [0.1, 0.15) is 11.2 Å². The van der Waals surface area contributed by atoms with E-state index < -0.39 is 41.3 Å². The standard InChI is InChI=1S/C26H36N2O6/c1-9-32-22(29)16(2)20-21-18(14-15-27(20)23(30)33-25(3,4)5)17-12-10-11-13-19(17)28(21)24(31)34-26(6,7)8/h10-13,16,20H,9,14-15H2,1-8H3. The van der Waals surface area contributed by atoms with Crippen molar-refractivity contribution in [2.45, 2.75) is 79.1 Å². The Morgan fingerprint density at radius 2 is 1.59 bits per heavy atom. The Hall–Kier alpha value is -3.03. The molecule has 1 aliphatic rings. The van der Waals surface area contributed by atoms with Crippen molar-refractivity contribution < 1.29 is 28.6 Å². The van der Waals surface area contributed by atoms with Crippen molar-refractivity contribution in [3.63, 3.8) is 0 Å². The highest BCUT2D eigenvalue weighted by Gasteiger charge is 2.44. The second-order valence-electron chi connectivity index (χ2n) is 10.6. The lowest BCUT2D eigenvalue weighted by Gasteiger charge is -2.39. The van der Waals surface area contributed by atoms with E-state index in [2.05, 4.69) is 0 Å². The molecule has 0 saturated carbocycles. The maximum absolute atomic E-state index is 13.5. The molecule has 8 nitrogen and oxygen atoms in total. The van der Waals surface area contributed by atoms with Crippen molar-refractivity contribution in [2.75, 3.05) is 13.2 Å². The van der Waals surface area contributed by atoms with E-state index in [1.54, 1.807) is 55.4 Å². The van der Waals surface area contributed by atoms with E-state index in [1.807, 2.05) is 24.3 Å². The zero-order chi connectivity index (χ0) is 25.4. The lowest BCUT2D eigenvalue weighted by molar-refractivity contribution is -0.150. The van der Waals surface area contributed by atoms with E-state index in [9.17, 15) is 14.4 Å². The van der Waals surface area contributed by atoms with Crippen LogP contribution in [0, 0.1) is 5.92 Å². The number of ether oxygens (including phenoxy) is 3. The van der Waals surface area contributed by atoms with Gasteiger partial charge in [0.2, 0.25) is 0 Å². The first kappa shape index (κ1) is 25.6. The van der Waals surface area contributed by atoms with E-state index in [1.165, 1.54) is 9.47 Å². The lowest BCUT2D eigenvalue weighted by atomic mass is 9.89. The summed E-state index contributed by atoms with van der Waals surface area (Å²) in [7, 11) is 0. The zero-order valence-electron chi connectivity index (χ0n) is 21.4. The number of benzene rings is 1. The average Bonchev–Trinajstić information content (AvgIpc) is 3.05. The number of para-hydroxylation sites is 1. The Morgan fingerprint density at radius 3 is 2.18 bits per heavy atom. The van der Waals surface area contributed by atoms with Crippen LogP contribution >= 0.6 is 0 Å². The summed E-state index contributed by atoms with van der Waals surface area (Å²) >= 11 is 0. The molecule has 34 heavy (non-hydrogen) atoms. The van der Waals surface area contributed by atoms with Crippen molar-refractivity contribution in [3.8, 4) is 0 Å². The minimum Gasteiger partial charge on any atom is -0.466 e. The number of hydrogen-bond acceptors (Lipinski definition) is 6. The van der Waals surface area contributed by atoms with Gasteiger partial charge in [-0.15, -0.1) is 0 Å². The quantitative estimate of drug-likeness (QED) is 0.436. The van der Waals surface area contributed by atoms with Crippen molar-refractivity contribution in [2.24, 2.45) is 5.92 Å². The predicted octanol–water partition coefficient (Wildman–Crippen LogP) is 5.46. The van der Waals surface area contributed by atoms with Gasteiger partial charge in [-0.05, 0) is 73.4 Å². The van der Waals surface area contributed by atoms with Crippen LogP contribution in [0.15, 0.2) is 24.3 Å². The van der Waals surface area contributed by atoms with Gasteiger partial charge in [0, 0.05) is 11.9 Å². The fraction of sp³-hybridized carbons (Fsp3) is 0.577. The van der Waals surface area contributed by atoms with Gasteiger partial charge in [-0.25, -0.2) is 14.2 Å². The second-order valence-corrected chi connectivity index (χ2v) is 10.6. The summed E-state index contributed by atoms with van der Waals surface area (Å²) in [5.74, 6) is -1.19. The topological polar surface area (TPSA) is 87.1 Å². The molecular weight excluding hydrogens is 436 g/mol. The number of aromatic nitrogens is 1. The van der Waals surface area contributed by atoms with Gasteiger partial charge < -0.3 is 14.2 Å². The molecule has 1 amide bonds. The molecule has 0 N–H and O–H groups in total. The highest BCUT2D eigenvalue weighted by Crippen LogP contribution is 2.42. The van der Waals surface area contributed by atoms with Crippen LogP contribution in [0.2, 0.25) is 0 Å². The molecule has 2 unspecified atom stereocenters. The molecule has 1 aliphatic heterocycles. The summed E-state index contributed by atoms with van der Waals surface area (Å²) in [6.07, 6.45) is -0.589. The number of carbonyl (C=O) groups is 3. The monoisotopic (exact) mass is 472 g/mol. The summed E-state index contributed by atoms with van der Waals surface area (Å²) in [5.41, 5.74) is 0.716. The first-order valence-corrected chi connectivity index (χ1v) is 11.8. The molecule has 8 heteroatoms. The summed E-state index contributed by atoms with van der Waals surface area (Å²) in [6, 6.07) is 6.79. The highest BCUT2D eigenvalue weighted by atomic mass is 16.6. The first-order valence-electron chi connectivity index (χ1n) is 11.8. The minimum absolute atomic E-state index is 0.213. The van der Waals surface area contributed by atoms with Crippen molar-refractivity contribution >= 4 is 29.1 Å². The van der Waals surface area contributed by atoms with Crippen LogP contribution < -0.4 is 0 Å². The van der Waals surface area contributed by atoms with Crippen molar-refractivity contribution in [1.29, 1.82) is 0 Å². The Bertz CT molecular complexity index is 1090. The number of carbonyl (C=O) groups excluding carboxylic acids is 3. The molecular formula is C26H36N2O6. The van der Waals surface area contributed by atoms with E-state index in [0.717, 1.165) is 10.9 Å². The highest BCUT2D eigenvalue weighted by molar-refractivity contribution is 5.95. The van der Waals surface area contributed by atoms with Crippen LogP contribution in [0.3, 0.4) is 0 Å². The summed E-state index contributed by atoms with van der Waals surface area (Å²) < 4.78 is 18.2. The number of rotatable bonds is 3. The number of fused-ring (bicyclic) bond motifs is 3. The van der Waals surface area contributed by atoms with Crippen LogP contribution in [-0.4, -0.2) is 52.0 Å². The van der Waals surface area contributed by atoms with Crippen LogP contribution in [0.4, 0.5) is 9.59 Å². The van der Waals surface area contributed by atoms with Gasteiger partial charge >= 0.3 is 18.2 Å². The fourth-order valence-electron chi connectivity index (χ4n) is 4.36. The SMILES string of the molecule is CCOC(=O)C(C)C1c2c(c3ccccc3n2C(=O)OC(C)(C)C)CCN1C(=O)OC(C)(C)C. The molecule has 1 aromatic heterocycles. The smallest absolute Gasteiger partial charge is 0.419 e. The normalized spacial score (nSPS) is 17.2. The Kier molecular flexibility index (Phi) is 7.01. The minimum atomic E-state index is -0.766. The summed E-state index contributed by atoms with van der Waals surface area (Å²) in [6.45, 7) is 14.8. The molecule has 2 atom stereocenters. The predicted molar refractivity (Wildman–Crippen MR) is 129 cm³/mol. The Labute approximate surface area is 201 Å². The van der Waals surface area contributed by atoms with Crippen LogP contribution in [0.5, 0.6) is 0 Å². The molecule has 186 valence electrons. The van der Waals surface area contributed by atoms with Crippen molar-refractivity contribution in [1.82, 2.24) is 9.47 Å². The number of esters is 1. The van der Waals surface area contributed by atoms with Gasteiger partial charge in [-0.1, -0.05) is 18.2 Å². The number of amides is 1. The fourth-order valence-corrected chi connectivity index (χ4v) is 4.36. The van der Waals surface area contributed by atoms with Gasteiger partial charge in [0.25, 0.3) is 0 Å². The lowest BCUT2D eigenvalue weighted by Crippen LogP contribution is -2.47. The third kappa shape index (κ3) is 5.21. The molecule has 0 spiro atoms. The number of nitrogens with zero attached hydrogens (tertiary/aromatic N) is 2. The molecule has 2 heterocycles. The Balaban J connectivity index is 2.25. The van der Waals surface area contributed by atoms with E-state index in [0.29, 0.717) is 24.2 Å². The van der Waals surface area contributed by atoms with Gasteiger partial charge in [-0.2, -0.15) is 0 Å². The van der Waals surface area contributed by atoms with Crippen LogP contribution in [-0.2, 0) is 25.4 Å². The zero-order valence-corrected chi connectivity index (χ0v) is 21.4. The van der Waals surface area contributed by atoms with E-state index in [-0.39, 0.29) is 6.61 Å². The summed E-state index contributed by atoms with van der Waals surface area (Å²) in [4.78, 5) is 41.2. The number of hydrogen-bond donors (Lipinski definition) is 0. The van der Waals surface area contributed by atoms with Crippen LogP contribution in [0.1, 0.15) is 72.7 Å². The first-order chi connectivity index (χ1) is 15.7. The van der Waals surface area contributed by atoms with E-state index in [4.69, 9.17) is 14.2 Å². The molecule has 1 aromatic carbocycles. The third-order valence-corrected chi connectivity index (χ3v) is 5.57. The molecule has 0 aliphatic carbocycles. The molecule has 0 radical (unpaired) electrons. The van der Waals surface area contributed by atoms with Gasteiger partial charge in [-0.3, -0.25) is 9.69 Å². The summed E-state index contributed by atoms with van der Waals surface area (Å²) in [5, 5.41) is 0.897. The molecule has 0 bridgehead atoms. The maximum Gasteiger partial charge on any atom is 0.419 e. The van der Waals surface area contributed by atoms with Gasteiger partial charge in [0.15, 0.2) is 0 Å². The third-order valence-electron chi connectivity index (χ3n) is 5.57. The molecule has 0 saturated heterocycles. The average molecular weight is 473 g/mol. The molecule has 2 aromatic rings. The molecule has 3 rings (SSSR count).